The van der Waals surface area contributed by atoms with E-state index in [1.54, 1.807) is 13.0 Å². The lowest BCUT2D eigenvalue weighted by Crippen LogP contribution is -2.56. The monoisotopic (exact) mass is 238 g/mol. The third kappa shape index (κ3) is 2.30. The van der Waals surface area contributed by atoms with Gasteiger partial charge in [0.05, 0.1) is 24.8 Å². The van der Waals surface area contributed by atoms with Crippen molar-refractivity contribution in [3.63, 3.8) is 0 Å². The second-order valence-electron chi connectivity index (χ2n) is 4.47. The Morgan fingerprint density at radius 3 is 3.12 bits per heavy atom. The third-order valence-corrected chi connectivity index (χ3v) is 2.94. The van der Waals surface area contributed by atoms with Crippen LogP contribution in [0.5, 0.6) is 0 Å². The first-order valence-corrected chi connectivity index (χ1v) is 5.41. The van der Waals surface area contributed by atoms with Crippen molar-refractivity contribution < 1.29 is 13.9 Å². The molecule has 0 spiro atoms. The van der Waals surface area contributed by atoms with E-state index in [0.717, 1.165) is 6.29 Å². The van der Waals surface area contributed by atoms with Gasteiger partial charge in [0.2, 0.25) is 0 Å². The third-order valence-electron chi connectivity index (χ3n) is 2.94. The first-order chi connectivity index (χ1) is 8.05. The Morgan fingerprint density at radius 1 is 1.65 bits per heavy atom. The van der Waals surface area contributed by atoms with Gasteiger partial charge in [0.1, 0.15) is 12.1 Å². The number of carbonyl (C=O) groups is 1. The molecule has 2 rings (SSSR count). The lowest BCUT2D eigenvalue weighted by atomic mass is 9.90. The number of hydrogen-bond acceptors (Lipinski definition) is 4. The molecule has 4 nitrogen and oxygen atoms in total. The normalized spacial score (nSPS) is 28.9. The highest BCUT2D eigenvalue weighted by molar-refractivity contribution is 5.58. The Balaban J connectivity index is 2.36. The molecule has 0 aromatic heterocycles. The molecule has 92 valence electrons. The molecule has 0 saturated carbocycles. The topological polar surface area (TPSA) is 64.3 Å². The molecule has 2 unspecified atom stereocenters. The number of benzene rings is 1. The van der Waals surface area contributed by atoms with Crippen molar-refractivity contribution in [1.82, 2.24) is 5.32 Å². The highest BCUT2D eigenvalue weighted by Crippen LogP contribution is 2.28. The summed E-state index contributed by atoms with van der Waals surface area (Å²) in [7, 11) is 0. The largest absolute Gasteiger partial charge is 0.399 e. The molecule has 1 heterocycles. The molecule has 17 heavy (non-hydrogen) atoms. The van der Waals surface area contributed by atoms with E-state index >= 15 is 0 Å². The van der Waals surface area contributed by atoms with Crippen molar-refractivity contribution in [1.29, 1.82) is 0 Å². The van der Waals surface area contributed by atoms with E-state index in [1.807, 2.05) is 0 Å². The van der Waals surface area contributed by atoms with E-state index in [4.69, 9.17) is 10.5 Å². The summed E-state index contributed by atoms with van der Waals surface area (Å²) in [6, 6.07) is 3.97. The Morgan fingerprint density at radius 2 is 2.41 bits per heavy atom. The average molecular weight is 238 g/mol. The predicted octanol–water partition coefficient (Wildman–Crippen LogP) is 0.810. The Bertz CT molecular complexity index is 439. The van der Waals surface area contributed by atoms with Gasteiger partial charge in [0.25, 0.3) is 0 Å². The quantitative estimate of drug-likeness (QED) is 0.591. The van der Waals surface area contributed by atoms with Gasteiger partial charge in [-0.25, -0.2) is 4.39 Å². The van der Waals surface area contributed by atoms with Crippen LogP contribution in [-0.2, 0) is 15.1 Å². The molecule has 0 aliphatic carbocycles. The molecule has 1 aliphatic heterocycles. The number of morpholine rings is 1. The molecular formula is C12H15FN2O2. The summed E-state index contributed by atoms with van der Waals surface area (Å²) < 4.78 is 19.1. The molecule has 1 saturated heterocycles. The van der Waals surface area contributed by atoms with Crippen molar-refractivity contribution in [2.75, 3.05) is 18.9 Å². The van der Waals surface area contributed by atoms with Crippen molar-refractivity contribution in [2.24, 2.45) is 0 Å². The first-order valence-electron chi connectivity index (χ1n) is 5.41. The lowest BCUT2D eigenvalue weighted by Gasteiger charge is -2.38. The molecule has 5 heteroatoms. The van der Waals surface area contributed by atoms with Crippen LogP contribution in [0.4, 0.5) is 10.1 Å². The van der Waals surface area contributed by atoms with E-state index in [-0.39, 0.29) is 5.82 Å². The summed E-state index contributed by atoms with van der Waals surface area (Å²) in [4.78, 5) is 10.8. The minimum Gasteiger partial charge on any atom is -0.399 e. The van der Waals surface area contributed by atoms with Crippen molar-refractivity contribution in [3.8, 4) is 0 Å². The minimum absolute atomic E-state index is 0.303. The smallest absolute Gasteiger partial charge is 0.139 e. The van der Waals surface area contributed by atoms with Gasteiger partial charge in [-0.15, -0.1) is 0 Å². The zero-order valence-corrected chi connectivity index (χ0v) is 9.57. The number of anilines is 1. The number of ether oxygens (including phenoxy) is 1. The van der Waals surface area contributed by atoms with Gasteiger partial charge < -0.3 is 15.3 Å². The first kappa shape index (κ1) is 12.0. The Labute approximate surface area is 98.9 Å². The molecule has 0 amide bonds. The molecule has 0 bridgehead atoms. The van der Waals surface area contributed by atoms with E-state index in [1.165, 1.54) is 12.1 Å². The van der Waals surface area contributed by atoms with Crippen LogP contribution in [0.2, 0.25) is 0 Å². The number of nitrogen functional groups attached to an aromatic ring is 1. The maximum Gasteiger partial charge on any atom is 0.139 e. The number of hydrogen-bond donors (Lipinski definition) is 2. The summed E-state index contributed by atoms with van der Waals surface area (Å²) in [5, 5.41) is 3.08. The second-order valence-corrected chi connectivity index (χ2v) is 4.47. The van der Waals surface area contributed by atoms with Crippen molar-refractivity contribution in [2.45, 2.75) is 18.5 Å². The molecule has 1 aromatic carbocycles. The lowest BCUT2D eigenvalue weighted by molar-refractivity contribution is -0.114. The van der Waals surface area contributed by atoms with Crippen LogP contribution in [0.1, 0.15) is 12.5 Å². The fourth-order valence-electron chi connectivity index (χ4n) is 2.08. The summed E-state index contributed by atoms with van der Waals surface area (Å²) >= 11 is 0. The van der Waals surface area contributed by atoms with E-state index < -0.39 is 11.6 Å². The molecule has 3 N–H and O–H groups in total. The van der Waals surface area contributed by atoms with Crippen LogP contribution in [0.15, 0.2) is 18.2 Å². The van der Waals surface area contributed by atoms with E-state index in [9.17, 15) is 9.18 Å². The maximum atomic E-state index is 13.8. The maximum absolute atomic E-state index is 13.8. The molecular weight excluding hydrogens is 223 g/mol. The summed E-state index contributed by atoms with van der Waals surface area (Å²) in [6.07, 6.45) is 0.765. The standard InChI is InChI=1S/C12H15FN2O2/c1-12(7-17-6-9(5-16)15-12)10-4-8(14)2-3-11(10)13/h2-5,9,15H,6-7,14H2,1H3. The number of nitrogens with one attached hydrogen (secondary N) is 1. The van der Waals surface area contributed by atoms with E-state index in [0.29, 0.717) is 24.5 Å². The van der Waals surface area contributed by atoms with E-state index in [2.05, 4.69) is 5.32 Å². The van der Waals surface area contributed by atoms with Gasteiger partial charge in [0, 0.05) is 11.3 Å². The van der Waals surface area contributed by atoms with Gasteiger partial charge in [-0.05, 0) is 25.1 Å². The number of carbonyl (C=O) groups excluding carboxylic acids is 1. The number of halogens is 1. The summed E-state index contributed by atoms with van der Waals surface area (Å²) in [6.45, 7) is 2.40. The van der Waals surface area contributed by atoms with Crippen LogP contribution >= 0.6 is 0 Å². The van der Waals surface area contributed by atoms with Crippen molar-refractivity contribution >= 4 is 12.0 Å². The van der Waals surface area contributed by atoms with Gasteiger partial charge >= 0.3 is 0 Å². The van der Waals surface area contributed by atoms with Crippen LogP contribution in [0.3, 0.4) is 0 Å². The summed E-state index contributed by atoms with van der Waals surface area (Å²) in [5.74, 6) is -0.357. The molecule has 0 radical (unpaired) electrons. The van der Waals surface area contributed by atoms with Crippen molar-refractivity contribution in [3.05, 3.63) is 29.6 Å². The highest BCUT2D eigenvalue weighted by Gasteiger charge is 2.35. The number of rotatable bonds is 2. The zero-order valence-electron chi connectivity index (χ0n) is 9.57. The SMILES string of the molecule is CC1(c2cc(N)ccc2F)COCC(C=O)N1. The highest BCUT2D eigenvalue weighted by atomic mass is 19.1. The molecule has 1 aliphatic rings. The van der Waals surface area contributed by atoms with Gasteiger partial charge in [-0.2, -0.15) is 0 Å². The van der Waals surface area contributed by atoms with Crippen LogP contribution in [0, 0.1) is 5.82 Å². The number of nitrogens with two attached hydrogens (primary N) is 1. The van der Waals surface area contributed by atoms with Crippen LogP contribution < -0.4 is 11.1 Å². The van der Waals surface area contributed by atoms with Gasteiger partial charge in [-0.1, -0.05) is 0 Å². The molecule has 1 aromatic rings. The fourth-order valence-corrected chi connectivity index (χ4v) is 2.08. The van der Waals surface area contributed by atoms with Crippen LogP contribution in [-0.4, -0.2) is 25.5 Å². The average Bonchev–Trinajstić information content (AvgIpc) is 2.32. The minimum atomic E-state index is -0.733. The predicted molar refractivity (Wildman–Crippen MR) is 62.0 cm³/mol. The Kier molecular flexibility index (Phi) is 3.13. The van der Waals surface area contributed by atoms with Crippen LogP contribution in [0.25, 0.3) is 0 Å². The zero-order chi connectivity index (χ0) is 12.5. The van der Waals surface area contributed by atoms with Gasteiger partial charge in [-0.3, -0.25) is 5.32 Å². The number of aldehydes is 1. The molecule has 1 fully saturated rings. The summed E-state index contributed by atoms with van der Waals surface area (Å²) in [5.41, 5.74) is 5.83. The Hall–Kier alpha value is -1.46. The van der Waals surface area contributed by atoms with Gasteiger partial charge in [0.15, 0.2) is 0 Å². The second kappa shape index (κ2) is 4.43. The fraction of sp³-hybridized carbons (Fsp3) is 0.417. The molecule has 2 atom stereocenters.